The molecule has 8 aromatic rings. The first-order valence-electron chi connectivity index (χ1n) is 11.8. The van der Waals surface area contributed by atoms with E-state index in [0.29, 0.717) is 15.6 Å². The summed E-state index contributed by atoms with van der Waals surface area (Å²) >= 11 is 13.1. The van der Waals surface area contributed by atoms with E-state index in [1.807, 2.05) is 18.2 Å². The van der Waals surface area contributed by atoms with Crippen LogP contribution in [0.3, 0.4) is 0 Å². The Morgan fingerprint density at radius 1 is 0.528 bits per heavy atom. The lowest BCUT2D eigenvalue weighted by molar-refractivity contribution is 0.669. The molecule has 0 fully saturated rings. The van der Waals surface area contributed by atoms with Crippen LogP contribution in [0.15, 0.2) is 108 Å². The van der Waals surface area contributed by atoms with E-state index in [0.717, 1.165) is 33.1 Å². The molecule has 170 valence electrons. The van der Waals surface area contributed by atoms with Gasteiger partial charge in [0.05, 0.1) is 27.1 Å². The Balaban J connectivity index is 1.65. The smallest absolute Gasteiger partial charge is 0.138 e. The fraction of sp³-hybridized carbons (Fsp3) is 0. The molecule has 0 aliphatic heterocycles. The molecular weight excluding hydrogens is 485 g/mol. The van der Waals surface area contributed by atoms with Crippen LogP contribution >= 0.6 is 23.2 Å². The minimum Gasteiger partial charge on any atom is -0.456 e. The van der Waals surface area contributed by atoms with Crippen molar-refractivity contribution in [1.82, 2.24) is 4.57 Å². The summed E-state index contributed by atoms with van der Waals surface area (Å²) in [6.07, 6.45) is 0. The lowest BCUT2D eigenvalue weighted by Gasteiger charge is -2.10. The van der Waals surface area contributed by atoms with Crippen molar-refractivity contribution in [3.63, 3.8) is 0 Å². The lowest BCUT2D eigenvalue weighted by atomic mass is 10.00. The van der Waals surface area contributed by atoms with Gasteiger partial charge < -0.3 is 8.98 Å². The van der Waals surface area contributed by atoms with E-state index in [9.17, 15) is 0 Å². The Kier molecular flexibility index (Phi) is 4.09. The number of furan rings is 1. The molecule has 2 nitrogen and oxygen atoms in total. The van der Waals surface area contributed by atoms with E-state index in [1.54, 1.807) is 6.07 Å². The van der Waals surface area contributed by atoms with E-state index in [2.05, 4.69) is 83.4 Å². The molecule has 0 bridgehead atoms. The van der Waals surface area contributed by atoms with Crippen LogP contribution in [0.2, 0.25) is 10.0 Å². The van der Waals surface area contributed by atoms with Crippen molar-refractivity contribution in [2.75, 3.05) is 0 Å². The number of nitrogens with zero attached hydrogens (tertiary/aromatic N) is 1. The summed E-state index contributed by atoms with van der Waals surface area (Å²) in [6.45, 7) is 0. The molecule has 0 unspecified atom stereocenters. The van der Waals surface area contributed by atoms with Crippen molar-refractivity contribution in [2.45, 2.75) is 0 Å². The normalized spacial score (nSPS) is 12.2. The zero-order valence-electron chi connectivity index (χ0n) is 18.9. The summed E-state index contributed by atoms with van der Waals surface area (Å²) in [7, 11) is 0. The predicted octanol–water partition coefficient (Wildman–Crippen LogP) is 10.3. The van der Waals surface area contributed by atoms with Gasteiger partial charge in [-0.3, -0.25) is 0 Å². The summed E-state index contributed by atoms with van der Waals surface area (Å²) < 4.78 is 8.59. The molecular formula is C32H17Cl2NO. The zero-order valence-corrected chi connectivity index (χ0v) is 20.4. The maximum Gasteiger partial charge on any atom is 0.138 e. The molecule has 6 aromatic carbocycles. The molecule has 0 aliphatic carbocycles. The van der Waals surface area contributed by atoms with Crippen LogP contribution in [0.25, 0.3) is 71.0 Å². The van der Waals surface area contributed by atoms with Crippen LogP contribution in [-0.2, 0) is 0 Å². The molecule has 4 heteroatoms. The first-order valence-corrected chi connectivity index (χ1v) is 12.6. The number of halogens is 2. The molecule has 8 rings (SSSR count). The lowest BCUT2D eigenvalue weighted by Crippen LogP contribution is -1.94. The van der Waals surface area contributed by atoms with Crippen molar-refractivity contribution in [3.8, 4) is 5.69 Å². The summed E-state index contributed by atoms with van der Waals surface area (Å²) in [5.41, 5.74) is 4.79. The zero-order chi connectivity index (χ0) is 24.0. The molecule has 0 radical (unpaired) electrons. The van der Waals surface area contributed by atoms with E-state index in [1.165, 1.54) is 32.3 Å². The Labute approximate surface area is 215 Å². The van der Waals surface area contributed by atoms with Gasteiger partial charge in [-0.05, 0) is 51.9 Å². The molecule has 0 N–H and O–H groups in total. The molecule has 0 saturated carbocycles. The first kappa shape index (κ1) is 20.2. The minimum absolute atomic E-state index is 0.558. The average Bonchev–Trinajstić information content (AvgIpc) is 3.44. The Hall–Kier alpha value is -3.98. The SMILES string of the molecule is Clc1cc(Cl)c2c(c1)oc1cccc(-n3c4ccc5ccccc5c4c4c5ccccc5ccc43)c12. The van der Waals surface area contributed by atoms with Crippen LogP contribution < -0.4 is 0 Å². The monoisotopic (exact) mass is 501 g/mol. The third kappa shape index (κ3) is 2.63. The van der Waals surface area contributed by atoms with Crippen molar-refractivity contribution in [1.29, 1.82) is 0 Å². The highest BCUT2D eigenvalue weighted by molar-refractivity contribution is 6.41. The molecule has 36 heavy (non-hydrogen) atoms. The van der Waals surface area contributed by atoms with Crippen LogP contribution in [0, 0.1) is 0 Å². The van der Waals surface area contributed by atoms with Crippen LogP contribution in [0.1, 0.15) is 0 Å². The van der Waals surface area contributed by atoms with Gasteiger partial charge in [-0.25, -0.2) is 0 Å². The van der Waals surface area contributed by atoms with E-state index >= 15 is 0 Å². The maximum atomic E-state index is 6.76. The summed E-state index contributed by atoms with van der Waals surface area (Å²) in [5, 5.41) is 10.4. The van der Waals surface area contributed by atoms with E-state index < -0.39 is 0 Å². The van der Waals surface area contributed by atoms with Gasteiger partial charge in [-0.1, -0.05) is 89.9 Å². The number of rotatable bonds is 1. The van der Waals surface area contributed by atoms with Gasteiger partial charge in [0.25, 0.3) is 0 Å². The second-order valence-electron chi connectivity index (χ2n) is 9.21. The second kappa shape index (κ2) is 7.27. The van der Waals surface area contributed by atoms with Gasteiger partial charge in [0, 0.05) is 27.2 Å². The third-order valence-electron chi connectivity index (χ3n) is 7.28. The Bertz CT molecular complexity index is 2090. The quantitative estimate of drug-likeness (QED) is 0.218. The van der Waals surface area contributed by atoms with E-state index in [4.69, 9.17) is 27.6 Å². The van der Waals surface area contributed by atoms with E-state index in [-0.39, 0.29) is 0 Å². The standard InChI is InChI=1S/C32H17Cl2NO/c33-20-16-23(34)31-28(17-20)36-27-11-5-10-24(32(27)31)35-25-14-12-18-6-1-3-8-21(18)29(25)30-22-9-4-2-7-19(22)13-15-26(30)35/h1-17H. The average molecular weight is 502 g/mol. The summed E-state index contributed by atoms with van der Waals surface area (Å²) in [4.78, 5) is 0. The third-order valence-corrected chi connectivity index (χ3v) is 7.80. The predicted molar refractivity (Wildman–Crippen MR) is 153 cm³/mol. The fourth-order valence-corrected chi connectivity index (χ4v) is 6.41. The summed E-state index contributed by atoms with van der Waals surface area (Å²) in [5.74, 6) is 0. The Morgan fingerprint density at radius 2 is 1.17 bits per heavy atom. The fourth-order valence-electron chi connectivity index (χ4n) is 5.84. The molecule has 0 amide bonds. The topological polar surface area (TPSA) is 18.1 Å². The number of hydrogen-bond acceptors (Lipinski definition) is 1. The van der Waals surface area contributed by atoms with Gasteiger partial charge >= 0.3 is 0 Å². The molecule has 0 atom stereocenters. The molecule has 2 aromatic heterocycles. The van der Waals surface area contributed by atoms with Crippen LogP contribution in [-0.4, -0.2) is 4.57 Å². The van der Waals surface area contributed by atoms with Crippen molar-refractivity contribution >= 4 is 88.5 Å². The van der Waals surface area contributed by atoms with Gasteiger partial charge in [-0.15, -0.1) is 0 Å². The first-order chi connectivity index (χ1) is 17.7. The molecule has 0 saturated heterocycles. The van der Waals surface area contributed by atoms with Crippen LogP contribution in [0.5, 0.6) is 0 Å². The van der Waals surface area contributed by atoms with Gasteiger partial charge in [0.1, 0.15) is 11.2 Å². The Morgan fingerprint density at radius 3 is 1.83 bits per heavy atom. The number of benzene rings is 6. The molecule has 0 spiro atoms. The van der Waals surface area contributed by atoms with Gasteiger partial charge in [0.15, 0.2) is 0 Å². The van der Waals surface area contributed by atoms with Gasteiger partial charge in [0.2, 0.25) is 0 Å². The molecule has 0 aliphatic rings. The number of fused-ring (bicyclic) bond motifs is 10. The van der Waals surface area contributed by atoms with Crippen LogP contribution in [0.4, 0.5) is 0 Å². The number of aromatic nitrogens is 1. The van der Waals surface area contributed by atoms with Gasteiger partial charge in [-0.2, -0.15) is 0 Å². The van der Waals surface area contributed by atoms with Crippen molar-refractivity contribution in [2.24, 2.45) is 0 Å². The highest BCUT2D eigenvalue weighted by Crippen LogP contribution is 2.44. The maximum absolute atomic E-state index is 6.76. The minimum atomic E-state index is 0.558. The molecule has 2 heterocycles. The van der Waals surface area contributed by atoms with Crippen molar-refractivity contribution in [3.05, 3.63) is 113 Å². The highest BCUT2D eigenvalue weighted by Gasteiger charge is 2.21. The second-order valence-corrected chi connectivity index (χ2v) is 10.1. The van der Waals surface area contributed by atoms with Crippen molar-refractivity contribution < 1.29 is 4.42 Å². The number of hydrogen-bond donors (Lipinski definition) is 0. The highest BCUT2D eigenvalue weighted by atomic mass is 35.5. The largest absolute Gasteiger partial charge is 0.456 e. The summed E-state index contributed by atoms with van der Waals surface area (Å²) in [6, 6.07) is 35.9.